The van der Waals surface area contributed by atoms with Crippen LogP contribution in [0.3, 0.4) is 0 Å². The van der Waals surface area contributed by atoms with Gasteiger partial charge in [0.05, 0.1) is 6.26 Å². The second kappa shape index (κ2) is 10.7. The first-order valence-electron chi connectivity index (χ1n) is 10.9. The van der Waals surface area contributed by atoms with Gasteiger partial charge in [-0.3, -0.25) is 9.59 Å². The van der Waals surface area contributed by atoms with Gasteiger partial charge in [0.1, 0.15) is 0 Å². The van der Waals surface area contributed by atoms with Crippen molar-refractivity contribution in [2.75, 3.05) is 37.3 Å². The highest BCUT2D eigenvalue weighted by Crippen LogP contribution is 2.24. The molecule has 0 unspecified atom stereocenters. The maximum atomic E-state index is 13.2. The summed E-state index contributed by atoms with van der Waals surface area (Å²) in [5, 5.41) is 0. The number of carbonyl (C=O) groups excluding carboxylic acids is 2. The monoisotopic (exact) mass is 457 g/mol. The summed E-state index contributed by atoms with van der Waals surface area (Å²) < 4.78 is 26.0. The summed E-state index contributed by atoms with van der Waals surface area (Å²) in [6, 6.07) is 17.4. The number of rotatable bonds is 4. The Balaban J connectivity index is 1.88. The molecule has 0 radical (unpaired) electrons. The molecule has 0 bridgehead atoms. The smallest absolute Gasteiger partial charge is 0.223 e. The number of sulfonamides is 1. The van der Waals surface area contributed by atoms with Gasteiger partial charge >= 0.3 is 0 Å². The van der Waals surface area contributed by atoms with Crippen LogP contribution in [0.25, 0.3) is 0 Å². The molecule has 0 fully saturated rings. The molecule has 1 aliphatic heterocycles. The van der Waals surface area contributed by atoms with Crippen molar-refractivity contribution in [3.63, 3.8) is 0 Å². The van der Waals surface area contributed by atoms with Crippen molar-refractivity contribution in [3.05, 3.63) is 65.7 Å². The van der Waals surface area contributed by atoms with Gasteiger partial charge in [0, 0.05) is 51.8 Å². The number of nitrogens with zero attached hydrogens (tertiary/aromatic N) is 3. The number of carbonyl (C=O) groups is 2. The number of fused-ring (bicyclic) bond motifs is 1. The summed E-state index contributed by atoms with van der Waals surface area (Å²) in [6.45, 7) is 3.09. The molecule has 1 aliphatic rings. The highest BCUT2D eigenvalue weighted by Gasteiger charge is 2.24. The highest BCUT2D eigenvalue weighted by atomic mass is 32.2. The van der Waals surface area contributed by atoms with Crippen molar-refractivity contribution in [1.29, 1.82) is 0 Å². The SMILES string of the molecule is CC(=O)N1CCCN(S(C)(=O)=O)CCN(C(=O)CCc2ccccc2)Cc2ccccc21. The molecule has 0 saturated heterocycles. The van der Waals surface area contributed by atoms with Crippen molar-refractivity contribution in [2.24, 2.45) is 0 Å². The fraction of sp³-hybridized carbons (Fsp3) is 0.417. The number of aryl methyl sites for hydroxylation is 1. The number of hydrogen-bond acceptors (Lipinski definition) is 4. The highest BCUT2D eigenvalue weighted by molar-refractivity contribution is 7.88. The molecule has 172 valence electrons. The molecule has 0 atom stereocenters. The average Bonchev–Trinajstić information content (AvgIpc) is 2.79. The minimum Gasteiger partial charge on any atom is -0.337 e. The molecule has 32 heavy (non-hydrogen) atoms. The van der Waals surface area contributed by atoms with Crippen molar-refractivity contribution >= 4 is 27.5 Å². The van der Waals surface area contributed by atoms with Crippen molar-refractivity contribution in [1.82, 2.24) is 9.21 Å². The summed E-state index contributed by atoms with van der Waals surface area (Å²) in [4.78, 5) is 28.9. The van der Waals surface area contributed by atoms with Gasteiger partial charge < -0.3 is 9.80 Å². The minimum absolute atomic E-state index is 0.0364. The van der Waals surface area contributed by atoms with Crippen LogP contribution in [0.15, 0.2) is 54.6 Å². The molecule has 2 aromatic rings. The standard InChI is InChI=1S/C24H31N3O4S/c1-20(28)27-16-8-15-26(32(2,30)31)18-17-25(19-22-11-6-7-12-23(22)27)24(29)14-13-21-9-4-3-5-10-21/h3-7,9-12H,8,13-19H2,1-2H3. The summed E-state index contributed by atoms with van der Waals surface area (Å²) >= 11 is 0. The molecule has 0 spiro atoms. The van der Waals surface area contributed by atoms with Gasteiger partial charge in [-0.25, -0.2) is 12.7 Å². The Morgan fingerprint density at radius 3 is 2.28 bits per heavy atom. The van der Waals surface area contributed by atoms with E-state index in [1.807, 2.05) is 54.6 Å². The molecular weight excluding hydrogens is 426 g/mol. The number of benzene rings is 2. The van der Waals surface area contributed by atoms with Crippen LogP contribution >= 0.6 is 0 Å². The second-order valence-electron chi connectivity index (χ2n) is 8.12. The minimum atomic E-state index is -3.42. The largest absolute Gasteiger partial charge is 0.337 e. The number of anilines is 1. The van der Waals surface area contributed by atoms with E-state index in [0.717, 1.165) is 16.8 Å². The fourth-order valence-electron chi connectivity index (χ4n) is 3.99. The van der Waals surface area contributed by atoms with E-state index in [4.69, 9.17) is 0 Å². The average molecular weight is 458 g/mol. The molecule has 1 heterocycles. The molecule has 0 aromatic heterocycles. The van der Waals surface area contributed by atoms with Crippen LogP contribution in [0.5, 0.6) is 0 Å². The summed E-state index contributed by atoms with van der Waals surface area (Å²) in [6.07, 6.45) is 2.66. The number of amides is 2. The van der Waals surface area contributed by atoms with E-state index in [0.29, 0.717) is 45.4 Å². The maximum Gasteiger partial charge on any atom is 0.223 e. The molecule has 0 saturated carbocycles. The first kappa shape index (κ1) is 23.9. The van der Waals surface area contributed by atoms with Crippen LogP contribution < -0.4 is 4.90 Å². The molecule has 3 rings (SSSR count). The third kappa shape index (κ3) is 6.40. The first-order valence-corrected chi connectivity index (χ1v) is 12.7. The maximum absolute atomic E-state index is 13.2. The van der Waals surface area contributed by atoms with Crippen molar-refractivity contribution in [3.8, 4) is 0 Å². The van der Waals surface area contributed by atoms with E-state index in [1.165, 1.54) is 17.5 Å². The number of para-hydroxylation sites is 1. The Kier molecular flexibility index (Phi) is 8.04. The first-order chi connectivity index (χ1) is 15.3. The van der Waals surface area contributed by atoms with Gasteiger partial charge in [-0.1, -0.05) is 48.5 Å². The van der Waals surface area contributed by atoms with E-state index in [-0.39, 0.29) is 18.4 Å². The van der Waals surface area contributed by atoms with E-state index >= 15 is 0 Å². The normalized spacial score (nSPS) is 16.2. The molecule has 7 nitrogen and oxygen atoms in total. The van der Waals surface area contributed by atoms with Gasteiger partial charge in [-0.05, 0) is 30.0 Å². The van der Waals surface area contributed by atoms with Gasteiger partial charge in [-0.15, -0.1) is 0 Å². The Hall–Kier alpha value is -2.71. The lowest BCUT2D eigenvalue weighted by Gasteiger charge is -2.27. The van der Waals surface area contributed by atoms with Crippen LogP contribution in [0.4, 0.5) is 5.69 Å². The summed E-state index contributed by atoms with van der Waals surface area (Å²) in [5.74, 6) is -0.143. The lowest BCUT2D eigenvalue weighted by molar-refractivity contribution is -0.131. The second-order valence-corrected chi connectivity index (χ2v) is 10.1. The molecule has 0 N–H and O–H groups in total. The van der Waals surface area contributed by atoms with E-state index < -0.39 is 10.0 Å². The molecule has 2 amide bonds. The van der Waals surface area contributed by atoms with Crippen LogP contribution in [0.1, 0.15) is 30.9 Å². The van der Waals surface area contributed by atoms with Gasteiger partial charge in [0.15, 0.2) is 0 Å². The van der Waals surface area contributed by atoms with E-state index in [2.05, 4.69) is 0 Å². The summed E-state index contributed by atoms with van der Waals surface area (Å²) in [7, 11) is -3.42. The predicted octanol–water partition coefficient (Wildman–Crippen LogP) is 2.67. The van der Waals surface area contributed by atoms with Crippen LogP contribution in [0.2, 0.25) is 0 Å². The van der Waals surface area contributed by atoms with Crippen LogP contribution in [0, 0.1) is 0 Å². The Labute approximate surface area is 190 Å². The molecule has 0 aliphatic carbocycles. The van der Waals surface area contributed by atoms with Crippen molar-refractivity contribution < 1.29 is 18.0 Å². The molecule has 2 aromatic carbocycles. The zero-order chi connectivity index (χ0) is 23.1. The van der Waals surface area contributed by atoms with Crippen LogP contribution in [-0.2, 0) is 32.6 Å². The quantitative estimate of drug-likeness (QED) is 0.707. The zero-order valence-electron chi connectivity index (χ0n) is 18.7. The Morgan fingerprint density at radius 2 is 1.59 bits per heavy atom. The van der Waals surface area contributed by atoms with Gasteiger partial charge in [0.2, 0.25) is 21.8 Å². The fourth-order valence-corrected chi connectivity index (χ4v) is 4.86. The lowest BCUT2D eigenvalue weighted by atomic mass is 10.1. The third-order valence-electron chi connectivity index (χ3n) is 5.72. The Morgan fingerprint density at radius 1 is 0.906 bits per heavy atom. The number of hydrogen-bond donors (Lipinski definition) is 0. The Bertz CT molecular complexity index is 1040. The lowest BCUT2D eigenvalue weighted by Crippen LogP contribution is -2.41. The van der Waals surface area contributed by atoms with E-state index in [9.17, 15) is 18.0 Å². The third-order valence-corrected chi connectivity index (χ3v) is 7.03. The van der Waals surface area contributed by atoms with Gasteiger partial charge in [-0.2, -0.15) is 0 Å². The molecular formula is C24H31N3O4S. The van der Waals surface area contributed by atoms with Gasteiger partial charge in [0.25, 0.3) is 0 Å². The van der Waals surface area contributed by atoms with Crippen molar-refractivity contribution in [2.45, 2.75) is 32.7 Å². The molecule has 8 heteroatoms. The van der Waals surface area contributed by atoms with Crippen LogP contribution in [-0.4, -0.2) is 61.9 Å². The van der Waals surface area contributed by atoms with E-state index in [1.54, 1.807) is 9.80 Å². The predicted molar refractivity (Wildman–Crippen MR) is 126 cm³/mol. The summed E-state index contributed by atoms with van der Waals surface area (Å²) in [5.41, 5.74) is 2.73. The topological polar surface area (TPSA) is 78.0 Å². The zero-order valence-corrected chi connectivity index (χ0v) is 19.6.